The first-order chi connectivity index (χ1) is 9.50. The zero-order chi connectivity index (χ0) is 14.8. The molecule has 1 amide bonds. The van der Waals surface area contributed by atoms with Crippen LogP contribution >= 0.6 is 11.6 Å². The fourth-order valence-electron chi connectivity index (χ4n) is 2.73. The van der Waals surface area contributed by atoms with Crippen molar-refractivity contribution in [2.75, 3.05) is 13.1 Å². The van der Waals surface area contributed by atoms with Crippen LogP contribution in [0.4, 0.5) is 9.18 Å². The van der Waals surface area contributed by atoms with E-state index in [2.05, 4.69) is 6.07 Å². The molecule has 1 aromatic rings. The third-order valence-corrected chi connectivity index (χ3v) is 4.22. The molecule has 0 atom stereocenters. The lowest BCUT2D eigenvalue weighted by atomic mass is 9.70. The number of likely N-dealkylation sites (tertiary alicyclic amines) is 1. The summed E-state index contributed by atoms with van der Waals surface area (Å²) < 4.78 is 14.2. The minimum Gasteiger partial charge on any atom is -0.465 e. The quantitative estimate of drug-likeness (QED) is 0.909. The Kier molecular flexibility index (Phi) is 4.15. The number of nitriles is 1. The fourth-order valence-corrected chi connectivity index (χ4v) is 2.91. The summed E-state index contributed by atoms with van der Waals surface area (Å²) in [7, 11) is 0. The van der Waals surface area contributed by atoms with E-state index in [0.717, 1.165) is 0 Å². The highest BCUT2D eigenvalue weighted by Gasteiger charge is 2.39. The van der Waals surface area contributed by atoms with Gasteiger partial charge in [-0.05, 0) is 24.5 Å². The molecule has 1 N–H and O–H groups in total. The number of amides is 1. The molecule has 0 saturated carbocycles. The monoisotopic (exact) mass is 296 g/mol. The van der Waals surface area contributed by atoms with Crippen LogP contribution in [0.5, 0.6) is 0 Å². The van der Waals surface area contributed by atoms with Crippen molar-refractivity contribution in [3.63, 3.8) is 0 Å². The highest BCUT2D eigenvalue weighted by Crippen LogP contribution is 2.41. The van der Waals surface area contributed by atoms with Crippen molar-refractivity contribution >= 4 is 17.7 Å². The highest BCUT2D eigenvalue weighted by atomic mass is 35.5. The van der Waals surface area contributed by atoms with Crippen molar-refractivity contribution in [1.29, 1.82) is 5.26 Å². The molecule has 2 rings (SSSR count). The molecule has 1 aromatic carbocycles. The largest absolute Gasteiger partial charge is 0.465 e. The van der Waals surface area contributed by atoms with Crippen molar-refractivity contribution in [2.45, 2.75) is 24.7 Å². The molecule has 6 heteroatoms. The van der Waals surface area contributed by atoms with Crippen molar-refractivity contribution in [3.05, 3.63) is 34.6 Å². The van der Waals surface area contributed by atoms with Gasteiger partial charge in [-0.3, -0.25) is 0 Å². The molecule has 0 unspecified atom stereocenters. The Bertz CT molecular complexity index is 563. The second-order valence-corrected chi connectivity index (χ2v) is 5.39. The molecule has 4 nitrogen and oxygen atoms in total. The maximum Gasteiger partial charge on any atom is 0.407 e. The minimum atomic E-state index is -0.984. The smallest absolute Gasteiger partial charge is 0.407 e. The second kappa shape index (κ2) is 5.68. The van der Waals surface area contributed by atoms with Gasteiger partial charge in [0.1, 0.15) is 5.82 Å². The summed E-state index contributed by atoms with van der Waals surface area (Å²) in [6, 6.07) is 6.85. The Hall–Kier alpha value is -1.80. The lowest BCUT2D eigenvalue weighted by Crippen LogP contribution is -2.45. The van der Waals surface area contributed by atoms with Gasteiger partial charge in [-0.2, -0.15) is 5.26 Å². The average molecular weight is 297 g/mol. The number of rotatable bonds is 2. The summed E-state index contributed by atoms with van der Waals surface area (Å²) in [5.74, 6) is -0.506. The van der Waals surface area contributed by atoms with Gasteiger partial charge in [0.05, 0.1) is 11.1 Å². The first-order valence-electron chi connectivity index (χ1n) is 6.29. The summed E-state index contributed by atoms with van der Waals surface area (Å²) in [5, 5.41) is 18.0. The lowest BCUT2D eigenvalue weighted by molar-refractivity contribution is 0.116. The maximum atomic E-state index is 14.2. The van der Waals surface area contributed by atoms with Crippen molar-refractivity contribution in [3.8, 4) is 6.07 Å². The minimum absolute atomic E-state index is 0.0282. The van der Waals surface area contributed by atoms with Gasteiger partial charge in [-0.25, -0.2) is 9.18 Å². The van der Waals surface area contributed by atoms with Gasteiger partial charge >= 0.3 is 6.09 Å². The van der Waals surface area contributed by atoms with Gasteiger partial charge in [0.15, 0.2) is 0 Å². The Morgan fingerprint density at radius 1 is 1.50 bits per heavy atom. The Labute approximate surface area is 121 Å². The number of carbonyl (C=O) groups is 1. The Morgan fingerprint density at radius 2 is 2.15 bits per heavy atom. The van der Waals surface area contributed by atoms with E-state index in [-0.39, 0.29) is 11.4 Å². The number of piperidine rings is 1. The predicted octanol–water partition coefficient (Wildman–Crippen LogP) is 3.40. The number of hydrogen-bond donors (Lipinski definition) is 1. The topological polar surface area (TPSA) is 64.3 Å². The summed E-state index contributed by atoms with van der Waals surface area (Å²) in [4.78, 5) is 12.2. The SMILES string of the molecule is N#CCC1(c2cccc(Cl)c2F)CCN(C(=O)O)CC1. The van der Waals surface area contributed by atoms with E-state index in [9.17, 15) is 9.18 Å². The molecule has 1 fully saturated rings. The van der Waals surface area contributed by atoms with Crippen LogP contribution in [0.2, 0.25) is 5.02 Å². The number of nitrogens with zero attached hydrogens (tertiary/aromatic N) is 2. The van der Waals surface area contributed by atoms with Crippen LogP contribution in [0.15, 0.2) is 18.2 Å². The van der Waals surface area contributed by atoms with Gasteiger partial charge in [0.2, 0.25) is 0 Å². The maximum absolute atomic E-state index is 14.2. The van der Waals surface area contributed by atoms with Crippen LogP contribution < -0.4 is 0 Å². The molecule has 20 heavy (non-hydrogen) atoms. The summed E-state index contributed by atoms with van der Waals surface area (Å²) in [6.45, 7) is 0.589. The third-order valence-electron chi connectivity index (χ3n) is 3.93. The van der Waals surface area contributed by atoms with Crippen LogP contribution in [0.25, 0.3) is 0 Å². The number of halogens is 2. The van der Waals surface area contributed by atoms with Crippen LogP contribution in [0.3, 0.4) is 0 Å². The standard InChI is InChI=1S/C14H14ClFN2O2/c15-11-3-1-2-10(12(11)16)14(4-7-17)5-8-18(9-6-14)13(19)20/h1-3H,4-6,8-9H2,(H,19,20). The molecule has 0 spiro atoms. The van der Waals surface area contributed by atoms with Crippen molar-refractivity contribution < 1.29 is 14.3 Å². The van der Waals surface area contributed by atoms with E-state index in [1.165, 1.54) is 11.0 Å². The molecular weight excluding hydrogens is 283 g/mol. The van der Waals surface area contributed by atoms with Crippen molar-refractivity contribution in [1.82, 2.24) is 4.90 Å². The number of hydrogen-bond acceptors (Lipinski definition) is 2. The normalized spacial score (nSPS) is 17.6. The average Bonchev–Trinajstić information content (AvgIpc) is 2.42. The van der Waals surface area contributed by atoms with E-state index in [4.69, 9.17) is 22.0 Å². The van der Waals surface area contributed by atoms with E-state index in [1.54, 1.807) is 12.1 Å². The van der Waals surface area contributed by atoms with Crippen LogP contribution in [0, 0.1) is 17.1 Å². The van der Waals surface area contributed by atoms with Gasteiger partial charge in [-0.1, -0.05) is 23.7 Å². The van der Waals surface area contributed by atoms with Gasteiger partial charge in [0.25, 0.3) is 0 Å². The first-order valence-corrected chi connectivity index (χ1v) is 6.67. The van der Waals surface area contributed by atoms with E-state index in [0.29, 0.717) is 31.5 Å². The predicted molar refractivity (Wildman–Crippen MR) is 72.1 cm³/mol. The molecule has 1 aliphatic heterocycles. The molecule has 0 radical (unpaired) electrons. The third kappa shape index (κ3) is 2.56. The Balaban J connectivity index is 2.35. The molecule has 1 heterocycles. The number of benzene rings is 1. The van der Waals surface area contributed by atoms with E-state index in [1.807, 2.05) is 0 Å². The molecule has 106 valence electrons. The van der Waals surface area contributed by atoms with Crippen molar-refractivity contribution in [2.24, 2.45) is 0 Å². The zero-order valence-corrected chi connectivity index (χ0v) is 11.5. The molecule has 1 aliphatic rings. The van der Waals surface area contributed by atoms with Gasteiger partial charge < -0.3 is 10.0 Å². The van der Waals surface area contributed by atoms with Gasteiger partial charge in [-0.15, -0.1) is 0 Å². The number of carboxylic acid groups (broad SMARTS) is 1. The zero-order valence-electron chi connectivity index (χ0n) is 10.8. The van der Waals surface area contributed by atoms with E-state index >= 15 is 0 Å². The Morgan fingerprint density at radius 3 is 2.70 bits per heavy atom. The van der Waals surface area contributed by atoms with Crippen LogP contribution in [-0.4, -0.2) is 29.2 Å². The lowest BCUT2D eigenvalue weighted by Gasteiger charge is -2.40. The summed E-state index contributed by atoms with van der Waals surface area (Å²) >= 11 is 5.81. The first kappa shape index (κ1) is 14.6. The molecular formula is C14H14ClFN2O2. The molecule has 0 aliphatic carbocycles. The molecule has 1 saturated heterocycles. The van der Waals surface area contributed by atoms with Crippen LogP contribution in [-0.2, 0) is 5.41 Å². The second-order valence-electron chi connectivity index (χ2n) is 4.99. The fraction of sp³-hybridized carbons (Fsp3) is 0.429. The molecule has 0 aromatic heterocycles. The van der Waals surface area contributed by atoms with Crippen LogP contribution in [0.1, 0.15) is 24.8 Å². The highest BCUT2D eigenvalue weighted by molar-refractivity contribution is 6.30. The summed E-state index contributed by atoms with van der Waals surface area (Å²) in [6.07, 6.45) is 0.00788. The summed E-state index contributed by atoms with van der Waals surface area (Å²) in [5.41, 5.74) is -0.244. The van der Waals surface area contributed by atoms with Gasteiger partial charge in [0, 0.05) is 24.9 Å². The molecule has 0 bridgehead atoms. The van der Waals surface area contributed by atoms with E-state index < -0.39 is 17.3 Å².